The van der Waals surface area contributed by atoms with E-state index in [9.17, 15) is 0 Å². The van der Waals surface area contributed by atoms with Crippen LogP contribution in [0.3, 0.4) is 0 Å². The molecular formula is C27H33N5. The summed E-state index contributed by atoms with van der Waals surface area (Å²) >= 11 is 0. The minimum absolute atomic E-state index is 0.384. The summed E-state index contributed by atoms with van der Waals surface area (Å²) in [6, 6.07) is 12.7. The highest BCUT2D eigenvalue weighted by Crippen LogP contribution is 2.29. The fraction of sp³-hybridized carbons (Fsp3) is 0.370. The van der Waals surface area contributed by atoms with Gasteiger partial charge in [0.25, 0.3) is 0 Å². The van der Waals surface area contributed by atoms with E-state index >= 15 is 0 Å². The highest BCUT2D eigenvalue weighted by molar-refractivity contribution is 6.00. The molecule has 0 aliphatic rings. The van der Waals surface area contributed by atoms with Gasteiger partial charge in [-0.1, -0.05) is 63.1 Å². The van der Waals surface area contributed by atoms with Crippen molar-refractivity contribution in [3.63, 3.8) is 0 Å². The van der Waals surface area contributed by atoms with Gasteiger partial charge in [-0.2, -0.15) is 0 Å². The maximum Gasteiger partial charge on any atom is 0.177 e. The molecule has 0 saturated heterocycles. The summed E-state index contributed by atoms with van der Waals surface area (Å²) in [5, 5.41) is 0. The molecule has 166 valence electrons. The van der Waals surface area contributed by atoms with Crippen LogP contribution < -0.4 is 0 Å². The zero-order valence-electron chi connectivity index (χ0n) is 20.4. The number of nitrogens with zero attached hydrogens (tertiary/aromatic N) is 5. The summed E-state index contributed by atoms with van der Waals surface area (Å²) in [5.41, 5.74) is 8.33. The third kappa shape index (κ3) is 5.52. The average molecular weight is 428 g/mol. The molecule has 0 fully saturated rings. The first kappa shape index (κ1) is 23.5. The normalized spacial score (nSPS) is 12.7. The van der Waals surface area contributed by atoms with Crippen LogP contribution in [0, 0.1) is 13.8 Å². The maximum atomic E-state index is 4.85. The quantitative estimate of drug-likeness (QED) is 0.397. The average Bonchev–Trinajstić information content (AvgIpc) is 2.75. The Bertz CT molecular complexity index is 1080. The van der Waals surface area contributed by atoms with Crippen molar-refractivity contribution >= 4 is 22.8 Å². The fourth-order valence-electron chi connectivity index (χ4n) is 3.58. The second-order valence-electron chi connectivity index (χ2n) is 8.96. The van der Waals surface area contributed by atoms with E-state index in [0.717, 1.165) is 22.8 Å². The van der Waals surface area contributed by atoms with E-state index < -0.39 is 0 Å². The molecule has 0 amide bonds. The van der Waals surface area contributed by atoms with Gasteiger partial charge in [-0.15, -0.1) is 0 Å². The van der Waals surface area contributed by atoms with Crippen LogP contribution in [-0.4, -0.2) is 26.4 Å². The van der Waals surface area contributed by atoms with Crippen LogP contribution in [0.25, 0.3) is 0 Å². The molecule has 32 heavy (non-hydrogen) atoms. The van der Waals surface area contributed by atoms with E-state index in [1.54, 1.807) is 0 Å². The molecule has 5 nitrogen and oxygen atoms in total. The largest absolute Gasteiger partial charge is 0.250 e. The lowest BCUT2D eigenvalue weighted by Crippen LogP contribution is -2.10. The molecule has 1 heterocycles. The van der Waals surface area contributed by atoms with Gasteiger partial charge >= 0.3 is 0 Å². The summed E-state index contributed by atoms with van der Waals surface area (Å²) in [4.78, 5) is 23.1. The van der Waals surface area contributed by atoms with E-state index in [-0.39, 0.29) is 0 Å². The lowest BCUT2D eigenvalue weighted by atomic mass is 9.99. The van der Waals surface area contributed by atoms with Crippen molar-refractivity contribution < 1.29 is 0 Å². The Morgan fingerprint density at radius 1 is 0.688 bits per heavy atom. The second-order valence-corrected chi connectivity index (χ2v) is 8.96. The van der Waals surface area contributed by atoms with Crippen molar-refractivity contribution in [2.75, 3.05) is 0 Å². The van der Waals surface area contributed by atoms with Crippen LogP contribution in [0.5, 0.6) is 0 Å². The molecule has 0 radical (unpaired) electrons. The highest BCUT2D eigenvalue weighted by atomic mass is 15.0. The number of rotatable bonds is 6. The highest BCUT2D eigenvalue weighted by Gasteiger charge is 2.12. The fourth-order valence-corrected chi connectivity index (χ4v) is 3.58. The molecular weight excluding hydrogens is 394 g/mol. The molecule has 3 rings (SSSR count). The monoisotopic (exact) mass is 427 g/mol. The van der Waals surface area contributed by atoms with E-state index in [2.05, 4.69) is 92.9 Å². The topological polar surface area (TPSA) is 63.4 Å². The third-order valence-electron chi connectivity index (χ3n) is 5.41. The van der Waals surface area contributed by atoms with Crippen molar-refractivity contribution in [1.29, 1.82) is 0 Å². The summed E-state index contributed by atoms with van der Waals surface area (Å²) in [6.07, 6.45) is 1.53. The number of benzene rings is 2. The SMILES string of the molecule is CC(=Nc1ccc(C)cc1C(C)C)c1ncnc(C(C)=Nc2ccc(C)cc2C(C)C)n1. The third-order valence-corrected chi connectivity index (χ3v) is 5.41. The summed E-state index contributed by atoms with van der Waals surface area (Å²) in [6.45, 7) is 16.8. The Hall–Kier alpha value is -3.21. The first-order chi connectivity index (χ1) is 15.2. The van der Waals surface area contributed by atoms with Crippen molar-refractivity contribution in [2.45, 2.75) is 67.2 Å². The van der Waals surface area contributed by atoms with Crippen LogP contribution in [0.2, 0.25) is 0 Å². The van der Waals surface area contributed by atoms with Gasteiger partial charge < -0.3 is 0 Å². The lowest BCUT2D eigenvalue weighted by Gasteiger charge is -2.12. The van der Waals surface area contributed by atoms with Crippen LogP contribution in [0.15, 0.2) is 52.7 Å². The maximum absolute atomic E-state index is 4.85. The van der Waals surface area contributed by atoms with E-state index in [1.807, 2.05) is 13.8 Å². The van der Waals surface area contributed by atoms with Gasteiger partial charge in [0.05, 0.1) is 22.8 Å². The molecule has 3 aromatic rings. The molecule has 0 N–H and O–H groups in total. The Kier molecular flexibility index (Phi) is 7.29. The van der Waals surface area contributed by atoms with Crippen LogP contribution in [0.4, 0.5) is 11.4 Å². The molecule has 1 aromatic heterocycles. The van der Waals surface area contributed by atoms with Crippen molar-refractivity contribution in [3.8, 4) is 0 Å². The summed E-state index contributed by atoms with van der Waals surface area (Å²) < 4.78 is 0. The predicted molar refractivity (Wildman–Crippen MR) is 134 cm³/mol. The molecule has 5 heteroatoms. The number of aliphatic imine (C=N–C) groups is 2. The van der Waals surface area contributed by atoms with Crippen LogP contribution >= 0.6 is 0 Å². The van der Waals surface area contributed by atoms with Gasteiger partial charge in [0.15, 0.2) is 11.6 Å². The molecule has 0 atom stereocenters. The van der Waals surface area contributed by atoms with Gasteiger partial charge in [0.1, 0.15) is 6.33 Å². The molecule has 0 aliphatic carbocycles. The number of hydrogen-bond donors (Lipinski definition) is 0. The number of aromatic nitrogens is 3. The minimum Gasteiger partial charge on any atom is -0.250 e. The molecule has 0 saturated carbocycles. The van der Waals surface area contributed by atoms with Gasteiger partial charge in [0.2, 0.25) is 0 Å². The standard InChI is InChI=1S/C27H33N5/c1-16(2)22-13-18(5)9-11-24(22)30-20(7)26-28-15-29-27(32-26)21(8)31-25-12-10-19(6)14-23(25)17(3)4/h9-17H,1-8H3. The van der Waals surface area contributed by atoms with Gasteiger partial charge in [-0.3, -0.25) is 0 Å². The lowest BCUT2D eigenvalue weighted by molar-refractivity contribution is 0.865. The minimum atomic E-state index is 0.384. The Labute approximate surface area is 191 Å². The molecule has 2 aromatic carbocycles. The van der Waals surface area contributed by atoms with E-state index in [0.29, 0.717) is 23.5 Å². The van der Waals surface area contributed by atoms with E-state index in [4.69, 9.17) is 9.98 Å². The van der Waals surface area contributed by atoms with Gasteiger partial charge in [-0.25, -0.2) is 24.9 Å². The first-order valence-electron chi connectivity index (χ1n) is 11.2. The molecule has 0 bridgehead atoms. The van der Waals surface area contributed by atoms with Crippen LogP contribution in [0.1, 0.15) is 87.3 Å². The summed E-state index contributed by atoms with van der Waals surface area (Å²) in [7, 11) is 0. The zero-order valence-corrected chi connectivity index (χ0v) is 20.4. The van der Waals surface area contributed by atoms with Gasteiger partial charge in [0, 0.05) is 0 Å². The Balaban J connectivity index is 1.97. The molecule has 0 spiro atoms. The van der Waals surface area contributed by atoms with Crippen molar-refractivity contribution in [2.24, 2.45) is 9.98 Å². The predicted octanol–water partition coefficient (Wildman–Crippen LogP) is 7.02. The van der Waals surface area contributed by atoms with Crippen molar-refractivity contribution in [1.82, 2.24) is 15.0 Å². The second kappa shape index (κ2) is 9.94. The van der Waals surface area contributed by atoms with Gasteiger partial charge in [-0.05, 0) is 62.8 Å². The summed E-state index contributed by atoms with van der Waals surface area (Å²) in [5.74, 6) is 1.89. The zero-order chi connectivity index (χ0) is 23.4. The Morgan fingerprint density at radius 2 is 1.09 bits per heavy atom. The van der Waals surface area contributed by atoms with E-state index in [1.165, 1.54) is 28.6 Å². The Morgan fingerprint density at radius 3 is 1.47 bits per heavy atom. The molecule has 0 unspecified atom stereocenters. The smallest absolute Gasteiger partial charge is 0.177 e. The van der Waals surface area contributed by atoms with Crippen molar-refractivity contribution in [3.05, 3.63) is 76.6 Å². The van der Waals surface area contributed by atoms with Crippen LogP contribution in [-0.2, 0) is 0 Å². The molecule has 0 aliphatic heterocycles. The number of hydrogen-bond acceptors (Lipinski definition) is 5. The number of aryl methyl sites for hydroxylation is 2. The first-order valence-corrected chi connectivity index (χ1v) is 11.2.